The standard InChI is InChI=1S/C16H28N4S/c1-10-12(13(17)21)14(20(6)19-10)18-11-7-15(2,3)9-16(4,5)8-11/h11,18H,7-9H2,1-6H3,(H2,17,21). The molecule has 1 saturated carbocycles. The summed E-state index contributed by atoms with van der Waals surface area (Å²) in [5, 5.41) is 8.12. The van der Waals surface area contributed by atoms with E-state index in [1.165, 1.54) is 6.42 Å². The van der Waals surface area contributed by atoms with E-state index in [0.717, 1.165) is 29.9 Å². The summed E-state index contributed by atoms with van der Waals surface area (Å²) in [6, 6.07) is 0.423. The van der Waals surface area contributed by atoms with Crippen molar-refractivity contribution in [3.63, 3.8) is 0 Å². The van der Waals surface area contributed by atoms with Crippen LogP contribution >= 0.6 is 12.2 Å². The summed E-state index contributed by atoms with van der Waals surface area (Å²) in [7, 11) is 1.94. The van der Waals surface area contributed by atoms with Crippen molar-refractivity contribution in [2.24, 2.45) is 23.6 Å². The number of nitrogens with zero attached hydrogens (tertiary/aromatic N) is 2. The molecule has 1 aromatic rings. The molecule has 0 unspecified atom stereocenters. The SMILES string of the molecule is Cc1nn(C)c(NC2CC(C)(C)CC(C)(C)C2)c1C(N)=S. The van der Waals surface area contributed by atoms with Crippen molar-refractivity contribution in [3.8, 4) is 0 Å². The summed E-state index contributed by atoms with van der Waals surface area (Å²) in [6.45, 7) is 11.4. The first-order valence-corrected chi connectivity index (χ1v) is 8.01. The predicted octanol–water partition coefficient (Wildman–Crippen LogP) is 3.38. The third-order valence-corrected chi connectivity index (χ3v) is 4.57. The van der Waals surface area contributed by atoms with Crippen LogP contribution in [0, 0.1) is 17.8 Å². The summed E-state index contributed by atoms with van der Waals surface area (Å²) in [4.78, 5) is 0.414. The molecule has 1 aliphatic carbocycles. The van der Waals surface area contributed by atoms with Gasteiger partial charge in [-0.2, -0.15) is 5.10 Å². The van der Waals surface area contributed by atoms with E-state index in [0.29, 0.717) is 21.9 Å². The van der Waals surface area contributed by atoms with Crippen molar-refractivity contribution >= 4 is 23.0 Å². The summed E-state index contributed by atoms with van der Waals surface area (Å²) in [6.07, 6.45) is 3.56. The van der Waals surface area contributed by atoms with E-state index in [-0.39, 0.29) is 0 Å². The molecule has 4 nitrogen and oxygen atoms in total. The van der Waals surface area contributed by atoms with Crippen molar-refractivity contribution in [1.29, 1.82) is 0 Å². The molecule has 0 amide bonds. The highest BCUT2D eigenvalue weighted by Gasteiger charge is 2.39. The van der Waals surface area contributed by atoms with Gasteiger partial charge in [-0.3, -0.25) is 4.68 Å². The Morgan fingerprint density at radius 1 is 1.29 bits per heavy atom. The van der Waals surface area contributed by atoms with Gasteiger partial charge in [0, 0.05) is 13.1 Å². The maximum absolute atomic E-state index is 5.88. The summed E-state index contributed by atoms with van der Waals surface area (Å²) < 4.78 is 1.86. The molecule has 0 atom stereocenters. The fourth-order valence-electron chi connectivity index (χ4n) is 4.26. The maximum atomic E-state index is 5.88. The molecule has 0 spiro atoms. The number of aromatic nitrogens is 2. The highest BCUT2D eigenvalue weighted by molar-refractivity contribution is 7.80. The summed E-state index contributed by atoms with van der Waals surface area (Å²) in [5.74, 6) is 0.957. The highest BCUT2D eigenvalue weighted by Crippen LogP contribution is 2.46. The van der Waals surface area contributed by atoms with Gasteiger partial charge in [0.2, 0.25) is 0 Å². The molecule has 1 heterocycles. The van der Waals surface area contributed by atoms with Gasteiger partial charge < -0.3 is 11.1 Å². The van der Waals surface area contributed by atoms with Crippen molar-refractivity contribution in [1.82, 2.24) is 9.78 Å². The number of hydrogen-bond acceptors (Lipinski definition) is 3. The van der Waals surface area contributed by atoms with E-state index in [9.17, 15) is 0 Å². The van der Waals surface area contributed by atoms with Crippen LogP contribution in [0.25, 0.3) is 0 Å². The first-order chi connectivity index (χ1) is 9.51. The quantitative estimate of drug-likeness (QED) is 0.841. The third kappa shape index (κ3) is 3.57. The molecule has 2 rings (SSSR count). The van der Waals surface area contributed by atoms with Gasteiger partial charge in [0.25, 0.3) is 0 Å². The Bertz CT molecular complexity index is 541. The number of aryl methyl sites for hydroxylation is 2. The second-order valence-corrected chi connectivity index (χ2v) is 8.49. The number of thiocarbonyl (C=S) groups is 1. The van der Waals surface area contributed by atoms with E-state index in [2.05, 4.69) is 38.1 Å². The zero-order chi connectivity index (χ0) is 16.0. The summed E-state index contributed by atoms with van der Waals surface area (Å²) in [5.41, 5.74) is 8.34. The molecule has 1 fully saturated rings. The van der Waals surface area contributed by atoms with E-state index in [1.54, 1.807) is 0 Å². The molecular weight excluding hydrogens is 280 g/mol. The minimum Gasteiger partial charge on any atom is -0.389 e. The van der Waals surface area contributed by atoms with E-state index >= 15 is 0 Å². The molecule has 5 heteroatoms. The van der Waals surface area contributed by atoms with Gasteiger partial charge in [-0.05, 0) is 37.0 Å². The fraction of sp³-hybridized carbons (Fsp3) is 0.750. The molecule has 1 aliphatic rings. The van der Waals surface area contributed by atoms with Crippen LogP contribution in [-0.2, 0) is 7.05 Å². The normalized spacial score (nSPS) is 21.2. The van der Waals surface area contributed by atoms with Crippen molar-refractivity contribution in [2.75, 3.05) is 5.32 Å². The Hall–Kier alpha value is -1.10. The first kappa shape index (κ1) is 16.3. The van der Waals surface area contributed by atoms with Crippen LogP contribution in [0.15, 0.2) is 0 Å². The van der Waals surface area contributed by atoms with E-state index in [1.807, 2.05) is 18.7 Å². The van der Waals surface area contributed by atoms with E-state index in [4.69, 9.17) is 18.0 Å². The van der Waals surface area contributed by atoms with Gasteiger partial charge in [0.1, 0.15) is 10.8 Å². The van der Waals surface area contributed by atoms with Crippen molar-refractivity contribution in [3.05, 3.63) is 11.3 Å². The number of hydrogen-bond donors (Lipinski definition) is 2. The molecule has 0 saturated heterocycles. The molecule has 0 aliphatic heterocycles. The first-order valence-electron chi connectivity index (χ1n) is 7.61. The molecule has 1 aromatic heterocycles. The third-order valence-electron chi connectivity index (χ3n) is 4.36. The number of rotatable bonds is 3. The van der Waals surface area contributed by atoms with Gasteiger partial charge in [0.05, 0.1) is 11.3 Å². The molecule has 0 bridgehead atoms. The molecule has 3 N–H and O–H groups in total. The van der Waals surface area contributed by atoms with Gasteiger partial charge in [0.15, 0.2) is 0 Å². The molecular formula is C16H28N4S. The van der Waals surface area contributed by atoms with Crippen LogP contribution in [0.5, 0.6) is 0 Å². The molecule has 21 heavy (non-hydrogen) atoms. The van der Waals surface area contributed by atoms with E-state index < -0.39 is 0 Å². The lowest BCUT2D eigenvalue weighted by Gasteiger charge is -2.45. The van der Waals surface area contributed by atoms with Gasteiger partial charge in [-0.1, -0.05) is 39.9 Å². The fourth-order valence-corrected chi connectivity index (χ4v) is 4.50. The second-order valence-electron chi connectivity index (χ2n) is 8.05. The zero-order valence-electron chi connectivity index (χ0n) is 14.1. The van der Waals surface area contributed by atoms with Crippen molar-refractivity contribution in [2.45, 2.75) is 59.9 Å². The lowest BCUT2D eigenvalue weighted by molar-refractivity contribution is 0.105. The van der Waals surface area contributed by atoms with Crippen LogP contribution in [-0.4, -0.2) is 20.8 Å². The summed E-state index contributed by atoms with van der Waals surface area (Å²) >= 11 is 5.19. The van der Waals surface area contributed by atoms with Gasteiger partial charge in [-0.15, -0.1) is 0 Å². The lowest BCUT2D eigenvalue weighted by atomic mass is 9.63. The second kappa shape index (κ2) is 5.27. The number of nitrogens with two attached hydrogens (primary N) is 1. The smallest absolute Gasteiger partial charge is 0.134 e. The van der Waals surface area contributed by atoms with Crippen LogP contribution in [0.2, 0.25) is 0 Å². The van der Waals surface area contributed by atoms with Crippen molar-refractivity contribution < 1.29 is 0 Å². The van der Waals surface area contributed by atoms with Gasteiger partial charge >= 0.3 is 0 Å². The maximum Gasteiger partial charge on any atom is 0.134 e. The highest BCUT2D eigenvalue weighted by atomic mass is 32.1. The minimum atomic E-state index is 0.344. The predicted molar refractivity (Wildman–Crippen MR) is 92.7 cm³/mol. The lowest BCUT2D eigenvalue weighted by Crippen LogP contribution is -2.40. The Labute approximate surface area is 133 Å². The monoisotopic (exact) mass is 308 g/mol. The van der Waals surface area contributed by atoms with Crippen LogP contribution < -0.4 is 11.1 Å². The zero-order valence-corrected chi connectivity index (χ0v) is 14.9. The van der Waals surface area contributed by atoms with Crippen LogP contribution in [0.3, 0.4) is 0 Å². The Kier molecular flexibility index (Phi) is 4.08. The Morgan fingerprint density at radius 2 is 1.81 bits per heavy atom. The molecule has 118 valence electrons. The molecule has 0 aromatic carbocycles. The van der Waals surface area contributed by atoms with Crippen LogP contribution in [0.4, 0.5) is 5.82 Å². The molecule has 0 radical (unpaired) electrons. The topological polar surface area (TPSA) is 55.9 Å². The van der Waals surface area contributed by atoms with Gasteiger partial charge in [-0.25, -0.2) is 0 Å². The average molecular weight is 308 g/mol. The number of nitrogens with one attached hydrogen (secondary N) is 1. The largest absolute Gasteiger partial charge is 0.389 e. The average Bonchev–Trinajstić information content (AvgIpc) is 2.48. The number of anilines is 1. The Balaban J connectivity index is 2.28. The minimum absolute atomic E-state index is 0.344. The Morgan fingerprint density at radius 3 is 2.29 bits per heavy atom. The van der Waals surface area contributed by atoms with Crippen LogP contribution in [0.1, 0.15) is 58.2 Å².